The summed E-state index contributed by atoms with van der Waals surface area (Å²) >= 11 is 0. The second-order valence-electron chi connectivity index (χ2n) is 5.29. The van der Waals surface area contributed by atoms with Gasteiger partial charge in [0.1, 0.15) is 6.54 Å². The normalized spacial score (nSPS) is 14.7. The van der Waals surface area contributed by atoms with Crippen LogP contribution in [0.4, 0.5) is 13.2 Å². The smallest absolute Gasteiger partial charge is 0.376 e. The molecule has 0 spiro atoms. The molecule has 1 aromatic rings. The molecule has 2 heterocycles. The summed E-state index contributed by atoms with van der Waals surface area (Å²) in [5.41, 5.74) is 2.87. The van der Waals surface area contributed by atoms with Crippen LogP contribution in [0.15, 0.2) is 0 Å². The van der Waals surface area contributed by atoms with Gasteiger partial charge in [-0.1, -0.05) is 6.92 Å². The number of fused-ring (bicyclic) bond motifs is 1. The Morgan fingerprint density at radius 1 is 1.45 bits per heavy atom. The standard InChI is InChI=1S/C14H20F3N3O2/c1-2-6-20-12-5-7-22-8-10(12)11(19-20)3-4-13(21)18-9-14(15,16)17/h2-9H2,1H3,(H,18,21). The van der Waals surface area contributed by atoms with Crippen LogP contribution in [0.3, 0.4) is 0 Å². The van der Waals surface area contributed by atoms with Crippen molar-refractivity contribution in [3.8, 4) is 0 Å². The molecule has 0 aliphatic carbocycles. The fourth-order valence-electron chi connectivity index (χ4n) is 2.50. The first kappa shape index (κ1) is 16.8. The lowest BCUT2D eigenvalue weighted by molar-refractivity contribution is -0.138. The summed E-state index contributed by atoms with van der Waals surface area (Å²) in [7, 11) is 0. The first-order chi connectivity index (χ1) is 10.4. The Labute approximate surface area is 126 Å². The molecule has 1 aliphatic rings. The predicted octanol–water partition coefficient (Wildman–Crippen LogP) is 1.98. The number of hydrogen-bond acceptors (Lipinski definition) is 3. The van der Waals surface area contributed by atoms with Crippen molar-refractivity contribution in [1.29, 1.82) is 0 Å². The molecule has 0 unspecified atom stereocenters. The Hall–Kier alpha value is -1.57. The van der Waals surface area contributed by atoms with Gasteiger partial charge in [-0.05, 0) is 6.42 Å². The Balaban J connectivity index is 1.96. The van der Waals surface area contributed by atoms with E-state index in [1.54, 1.807) is 0 Å². The highest BCUT2D eigenvalue weighted by atomic mass is 19.4. The van der Waals surface area contributed by atoms with Gasteiger partial charge in [0.25, 0.3) is 0 Å². The Bertz CT molecular complexity index is 526. The number of alkyl halides is 3. The molecule has 1 aliphatic heterocycles. The second kappa shape index (κ2) is 7.13. The van der Waals surface area contributed by atoms with E-state index in [1.807, 2.05) is 10.00 Å². The molecule has 22 heavy (non-hydrogen) atoms. The number of aryl methyl sites for hydroxylation is 2. The van der Waals surface area contributed by atoms with Crippen LogP contribution >= 0.6 is 0 Å². The van der Waals surface area contributed by atoms with Crippen LogP contribution in [0.25, 0.3) is 0 Å². The van der Waals surface area contributed by atoms with Gasteiger partial charge in [0.2, 0.25) is 5.91 Å². The highest BCUT2D eigenvalue weighted by Crippen LogP contribution is 2.22. The van der Waals surface area contributed by atoms with Gasteiger partial charge in [-0.2, -0.15) is 18.3 Å². The molecule has 1 aromatic heterocycles. The van der Waals surface area contributed by atoms with E-state index >= 15 is 0 Å². The number of nitrogens with one attached hydrogen (secondary N) is 1. The Kier molecular flexibility index (Phi) is 5.44. The second-order valence-corrected chi connectivity index (χ2v) is 5.29. The zero-order chi connectivity index (χ0) is 16.2. The number of halogens is 3. The molecule has 8 heteroatoms. The summed E-state index contributed by atoms with van der Waals surface area (Å²) in [5, 5.41) is 6.37. The van der Waals surface area contributed by atoms with Gasteiger partial charge in [-0.3, -0.25) is 9.48 Å². The van der Waals surface area contributed by atoms with Crippen LogP contribution in [0, 0.1) is 0 Å². The lowest BCUT2D eigenvalue weighted by Gasteiger charge is -2.14. The number of amides is 1. The molecule has 0 saturated carbocycles. The Morgan fingerprint density at radius 2 is 2.23 bits per heavy atom. The minimum Gasteiger partial charge on any atom is -0.376 e. The first-order valence-corrected chi connectivity index (χ1v) is 7.39. The zero-order valence-corrected chi connectivity index (χ0v) is 12.5. The molecule has 1 N–H and O–H groups in total. The van der Waals surface area contributed by atoms with E-state index in [2.05, 4.69) is 12.0 Å². The molecule has 0 aromatic carbocycles. The van der Waals surface area contributed by atoms with Crippen LogP contribution in [0.2, 0.25) is 0 Å². The third-order valence-electron chi connectivity index (χ3n) is 3.49. The number of rotatable bonds is 6. The number of ether oxygens (including phenoxy) is 1. The van der Waals surface area contributed by atoms with E-state index < -0.39 is 18.6 Å². The van der Waals surface area contributed by atoms with Crippen molar-refractivity contribution in [1.82, 2.24) is 15.1 Å². The summed E-state index contributed by atoms with van der Waals surface area (Å²) in [6, 6.07) is 0. The lowest BCUT2D eigenvalue weighted by Crippen LogP contribution is -2.33. The van der Waals surface area contributed by atoms with Gasteiger partial charge in [-0.25, -0.2) is 0 Å². The summed E-state index contributed by atoms with van der Waals surface area (Å²) in [6.07, 6.45) is -2.34. The molecule has 0 radical (unpaired) electrons. The third kappa shape index (κ3) is 4.46. The molecule has 2 rings (SSSR count). The number of aromatic nitrogens is 2. The van der Waals surface area contributed by atoms with Crippen molar-refractivity contribution < 1.29 is 22.7 Å². The van der Waals surface area contributed by atoms with Crippen LogP contribution < -0.4 is 5.32 Å². The Morgan fingerprint density at radius 3 is 2.91 bits per heavy atom. The van der Waals surface area contributed by atoms with Crippen molar-refractivity contribution >= 4 is 5.91 Å². The topological polar surface area (TPSA) is 56.2 Å². The van der Waals surface area contributed by atoms with Gasteiger partial charge in [0.05, 0.1) is 18.9 Å². The summed E-state index contributed by atoms with van der Waals surface area (Å²) in [6.45, 7) is 2.66. The van der Waals surface area contributed by atoms with Crippen molar-refractivity contribution in [2.75, 3.05) is 13.2 Å². The average molecular weight is 319 g/mol. The number of hydrogen-bond donors (Lipinski definition) is 1. The molecule has 0 saturated heterocycles. The molecule has 0 atom stereocenters. The van der Waals surface area contributed by atoms with E-state index in [4.69, 9.17) is 4.74 Å². The van der Waals surface area contributed by atoms with E-state index in [-0.39, 0.29) is 6.42 Å². The maximum absolute atomic E-state index is 12.0. The minimum absolute atomic E-state index is 0.00828. The highest BCUT2D eigenvalue weighted by molar-refractivity contribution is 5.76. The van der Waals surface area contributed by atoms with E-state index in [0.717, 1.165) is 36.3 Å². The summed E-state index contributed by atoms with van der Waals surface area (Å²) in [4.78, 5) is 11.5. The van der Waals surface area contributed by atoms with Crippen molar-refractivity contribution in [2.45, 2.75) is 51.9 Å². The van der Waals surface area contributed by atoms with E-state index in [0.29, 0.717) is 19.6 Å². The van der Waals surface area contributed by atoms with Crippen LogP contribution in [0.5, 0.6) is 0 Å². The predicted molar refractivity (Wildman–Crippen MR) is 73.3 cm³/mol. The summed E-state index contributed by atoms with van der Waals surface area (Å²) in [5.74, 6) is -0.618. The number of carbonyl (C=O) groups is 1. The van der Waals surface area contributed by atoms with Crippen molar-refractivity contribution in [3.63, 3.8) is 0 Å². The largest absolute Gasteiger partial charge is 0.405 e. The van der Waals surface area contributed by atoms with E-state index in [9.17, 15) is 18.0 Å². The van der Waals surface area contributed by atoms with Crippen molar-refractivity contribution in [2.24, 2.45) is 0 Å². The van der Waals surface area contributed by atoms with E-state index in [1.165, 1.54) is 0 Å². The zero-order valence-electron chi connectivity index (χ0n) is 12.5. The van der Waals surface area contributed by atoms with Crippen LogP contribution in [-0.4, -0.2) is 35.0 Å². The maximum atomic E-state index is 12.0. The third-order valence-corrected chi connectivity index (χ3v) is 3.49. The average Bonchev–Trinajstić information content (AvgIpc) is 2.81. The van der Waals surface area contributed by atoms with Crippen molar-refractivity contribution in [3.05, 3.63) is 17.0 Å². The maximum Gasteiger partial charge on any atom is 0.405 e. The molecule has 124 valence electrons. The van der Waals surface area contributed by atoms with Gasteiger partial charge in [-0.15, -0.1) is 0 Å². The summed E-state index contributed by atoms with van der Waals surface area (Å²) < 4.78 is 43.5. The number of carbonyl (C=O) groups excluding carboxylic acids is 1. The van der Waals surface area contributed by atoms with Gasteiger partial charge in [0, 0.05) is 37.1 Å². The molecule has 1 amide bonds. The van der Waals surface area contributed by atoms with Crippen LogP contribution in [-0.2, 0) is 35.5 Å². The fourth-order valence-corrected chi connectivity index (χ4v) is 2.50. The molecular formula is C14H20F3N3O2. The molecule has 0 fully saturated rings. The fraction of sp³-hybridized carbons (Fsp3) is 0.714. The van der Waals surface area contributed by atoms with Gasteiger partial charge in [0.15, 0.2) is 0 Å². The number of nitrogens with zero attached hydrogens (tertiary/aromatic N) is 2. The molecule has 5 nitrogen and oxygen atoms in total. The lowest BCUT2D eigenvalue weighted by atomic mass is 10.1. The molecular weight excluding hydrogens is 299 g/mol. The van der Waals surface area contributed by atoms with Gasteiger partial charge >= 0.3 is 6.18 Å². The molecule has 0 bridgehead atoms. The SMILES string of the molecule is CCCn1nc(CCC(=O)NCC(F)(F)F)c2c1CCOC2. The first-order valence-electron chi connectivity index (χ1n) is 7.39. The monoisotopic (exact) mass is 319 g/mol. The minimum atomic E-state index is -4.38. The quantitative estimate of drug-likeness (QED) is 0.872. The van der Waals surface area contributed by atoms with Crippen LogP contribution in [0.1, 0.15) is 36.7 Å². The highest BCUT2D eigenvalue weighted by Gasteiger charge is 2.28. The van der Waals surface area contributed by atoms with Gasteiger partial charge < -0.3 is 10.1 Å².